The van der Waals surface area contributed by atoms with Crippen LogP contribution in [0.25, 0.3) is 0 Å². The Morgan fingerprint density at radius 1 is 0.561 bits per heavy atom. The van der Waals surface area contributed by atoms with Gasteiger partial charge in [-0.15, -0.1) is 0 Å². The maximum Gasteiger partial charge on any atom is 0.472 e. The number of hydrogen-bond acceptors (Lipinski definition) is 12. The van der Waals surface area contributed by atoms with Crippen LogP contribution in [0.1, 0.15) is 129 Å². The first-order valence-corrected chi connectivity index (χ1v) is 22.2. The minimum Gasteiger partial charge on any atom is -0.462 e. The molecule has 0 radical (unpaired) electrons. The lowest BCUT2D eigenvalue weighted by Gasteiger charge is -2.41. The standard InChI is InChI=1S/C43H71O13P/c1-3-5-7-9-11-13-14-15-16-17-18-19-20-21-22-24-25-27-29-31-36(44)53-33-35(55-37(45)32-30-28-26-23-12-10-8-6-4-2)34-54-57(51,52)56-43-41(49)39(47)38(46)40(48)42(43)50/h5,7,11,13,15-16,18-19,21-22,25,27,35,38-43,46-50H,3-4,6,8-10,12,14,17,20,23-24,26,28-34H2,1-2H3,(H,51,52)/b7-5+,13-11+,16-15+,19-18+,22-21+,27-25+/t35-,38?,39-,40?,41?,42?,43?/m0/s1. The molecule has 1 rings (SSSR count). The first kappa shape index (κ1) is 52.3. The van der Waals surface area contributed by atoms with Crippen LogP contribution < -0.4 is 0 Å². The van der Waals surface area contributed by atoms with Crippen LogP contribution in [0.5, 0.6) is 0 Å². The number of unbranched alkanes of at least 4 members (excludes halogenated alkanes) is 8. The maximum atomic E-state index is 12.7. The number of carbonyl (C=O) groups is 2. The van der Waals surface area contributed by atoms with E-state index < -0.39 is 75.7 Å². The molecule has 0 amide bonds. The van der Waals surface area contributed by atoms with E-state index in [9.17, 15) is 44.6 Å². The molecule has 326 valence electrons. The summed E-state index contributed by atoms with van der Waals surface area (Å²) in [5.41, 5.74) is 0. The predicted octanol–water partition coefficient (Wildman–Crippen LogP) is 7.16. The minimum atomic E-state index is -5.13. The zero-order chi connectivity index (χ0) is 42.2. The Bertz CT molecular complexity index is 1280. The summed E-state index contributed by atoms with van der Waals surface area (Å²) >= 11 is 0. The average molecular weight is 827 g/mol. The largest absolute Gasteiger partial charge is 0.472 e. The molecule has 0 saturated heterocycles. The summed E-state index contributed by atoms with van der Waals surface area (Å²) in [7, 11) is -5.13. The second kappa shape index (κ2) is 33.2. The number of phosphoric ester groups is 1. The quantitative estimate of drug-likeness (QED) is 0.0172. The molecular weight excluding hydrogens is 755 g/mol. The highest BCUT2D eigenvalue weighted by molar-refractivity contribution is 7.47. The van der Waals surface area contributed by atoms with E-state index in [1.807, 2.05) is 18.2 Å². The van der Waals surface area contributed by atoms with Gasteiger partial charge in [0.2, 0.25) is 0 Å². The van der Waals surface area contributed by atoms with Gasteiger partial charge in [-0.25, -0.2) is 4.57 Å². The van der Waals surface area contributed by atoms with E-state index in [0.29, 0.717) is 19.3 Å². The van der Waals surface area contributed by atoms with Crippen molar-refractivity contribution in [3.63, 3.8) is 0 Å². The number of hydrogen-bond donors (Lipinski definition) is 6. The van der Waals surface area contributed by atoms with Crippen molar-refractivity contribution < 1.29 is 63.1 Å². The lowest BCUT2D eigenvalue weighted by Crippen LogP contribution is -2.64. The van der Waals surface area contributed by atoms with Crippen LogP contribution in [0.4, 0.5) is 0 Å². The van der Waals surface area contributed by atoms with Crippen LogP contribution in [-0.2, 0) is 32.7 Å². The molecule has 1 fully saturated rings. The monoisotopic (exact) mass is 826 g/mol. The zero-order valence-electron chi connectivity index (χ0n) is 34.1. The number of ether oxygens (including phenoxy) is 2. The number of allylic oxidation sites excluding steroid dienone is 12. The van der Waals surface area contributed by atoms with Crippen LogP contribution in [0.2, 0.25) is 0 Å². The van der Waals surface area contributed by atoms with E-state index in [1.165, 1.54) is 25.7 Å². The first-order chi connectivity index (χ1) is 27.4. The van der Waals surface area contributed by atoms with Gasteiger partial charge in [0.15, 0.2) is 6.10 Å². The molecule has 8 atom stereocenters. The molecule has 0 aliphatic heterocycles. The number of aliphatic hydroxyl groups is 5. The summed E-state index contributed by atoms with van der Waals surface area (Å²) in [5, 5.41) is 49.9. The summed E-state index contributed by atoms with van der Waals surface area (Å²) < 4.78 is 33.3. The summed E-state index contributed by atoms with van der Waals surface area (Å²) in [6.07, 6.45) is 27.1. The van der Waals surface area contributed by atoms with E-state index in [1.54, 1.807) is 0 Å². The number of aliphatic hydroxyl groups excluding tert-OH is 5. The van der Waals surface area contributed by atoms with Crippen molar-refractivity contribution in [2.45, 2.75) is 172 Å². The van der Waals surface area contributed by atoms with Gasteiger partial charge in [0.05, 0.1) is 6.61 Å². The van der Waals surface area contributed by atoms with Crippen molar-refractivity contribution in [2.24, 2.45) is 0 Å². The summed E-state index contributed by atoms with van der Waals surface area (Å²) in [6.45, 7) is 3.05. The van der Waals surface area contributed by atoms with E-state index in [2.05, 4.69) is 68.5 Å². The highest BCUT2D eigenvalue weighted by Crippen LogP contribution is 2.47. The number of rotatable bonds is 32. The van der Waals surface area contributed by atoms with Crippen LogP contribution in [0.15, 0.2) is 72.9 Å². The minimum absolute atomic E-state index is 0.0394. The third-order valence-electron chi connectivity index (χ3n) is 9.08. The Balaban J connectivity index is 2.53. The van der Waals surface area contributed by atoms with Gasteiger partial charge in [-0.2, -0.15) is 0 Å². The zero-order valence-corrected chi connectivity index (χ0v) is 35.0. The molecular formula is C43H71O13P. The van der Waals surface area contributed by atoms with Gasteiger partial charge < -0.3 is 39.9 Å². The molecule has 14 heteroatoms. The van der Waals surface area contributed by atoms with Gasteiger partial charge in [-0.1, -0.05) is 138 Å². The Labute approximate surface area is 340 Å². The van der Waals surface area contributed by atoms with Gasteiger partial charge in [0, 0.05) is 12.8 Å². The predicted molar refractivity (Wildman–Crippen MR) is 221 cm³/mol. The number of carbonyl (C=O) groups excluding carboxylic acids is 2. The van der Waals surface area contributed by atoms with Gasteiger partial charge >= 0.3 is 19.8 Å². The second-order valence-corrected chi connectivity index (χ2v) is 15.5. The summed E-state index contributed by atoms with van der Waals surface area (Å²) in [6, 6.07) is 0. The third kappa shape index (κ3) is 26.1. The van der Waals surface area contributed by atoms with Crippen molar-refractivity contribution in [3.8, 4) is 0 Å². The first-order valence-electron chi connectivity index (χ1n) is 20.7. The molecule has 0 spiro atoms. The molecule has 57 heavy (non-hydrogen) atoms. The van der Waals surface area contributed by atoms with Crippen molar-refractivity contribution >= 4 is 19.8 Å². The second-order valence-electron chi connectivity index (χ2n) is 14.1. The van der Waals surface area contributed by atoms with Crippen molar-refractivity contribution in [3.05, 3.63) is 72.9 Å². The van der Waals surface area contributed by atoms with E-state index >= 15 is 0 Å². The fourth-order valence-electron chi connectivity index (χ4n) is 5.72. The molecule has 0 heterocycles. The normalized spacial score (nSPS) is 23.4. The average Bonchev–Trinajstić information content (AvgIpc) is 3.19. The lowest BCUT2D eigenvalue weighted by atomic mass is 9.85. The smallest absolute Gasteiger partial charge is 0.462 e. The molecule has 6 N–H and O–H groups in total. The van der Waals surface area contributed by atoms with E-state index in [-0.39, 0.29) is 12.8 Å². The van der Waals surface area contributed by atoms with Gasteiger partial charge in [0.25, 0.3) is 0 Å². The van der Waals surface area contributed by atoms with Crippen LogP contribution >= 0.6 is 7.82 Å². The van der Waals surface area contributed by atoms with E-state index in [0.717, 1.165) is 57.8 Å². The summed E-state index contributed by atoms with van der Waals surface area (Å²) in [4.78, 5) is 35.4. The molecule has 1 saturated carbocycles. The third-order valence-corrected chi connectivity index (χ3v) is 10.1. The molecule has 0 bridgehead atoms. The van der Waals surface area contributed by atoms with Crippen molar-refractivity contribution in [1.29, 1.82) is 0 Å². The molecule has 6 unspecified atom stereocenters. The van der Waals surface area contributed by atoms with Crippen molar-refractivity contribution in [2.75, 3.05) is 13.2 Å². The Morgan fingerprint density at radius 3 is 1.49 bits per heavy atom. The molecule has 0 aromatic heterocycles. The van der Waals surface area contributed by atoms with E-state index in [4.69, 9.17) is 18.5 Å². The molecule has 0 aromatic carbocycles. The molecule has 0 aromatic rings. The molecule has 13 nitrogen and oxygen atoms in total. The Morgan fingerprint density at radius 2 is 1.00 bits per heavy atom. The highest BCUT2D eigenvalue weighted by atomic mass is 31.2. The number of esters is 2. The Hall–Kier alpha value is -2.71. The van der Waals surface area contributed by atoms with Crippen LogP contribution in [-0.4, -0.2) is 98.3 Å². The number of phosphoric acid groups is 1. The highest BCUT2D eigenvalue weighted by Gasteiger charge is 2.51. The van der Waals surface area contributed by atoms with Crippen LogP contribution in [0.3, 0.4) is 0 Å². The fraction of sp³-hybridized carbons (Fsp3) is 0.674. The topological polar surface area (TPSA) is 210 Å². The van der Waals surface area contributed by atoms with Gasteiger partial charge in [-0.05, 0) is 51.4 Å². The molecule has 1 aliphatic carbocycles. The summed E-state index contributed by atoms with van der Waals surface area (Å²) in [5.74, 6) is -1.21. The van der Waals surface area contributed by atoms with Gasteiger partial charge in [-0.3, -0.25) is 18.6 Å². The van der Waals surface area contributed by atoms with Crippen molar-refractivity contribution in [1.82, 2.24) is 0 Å². The van der Waals surface area contributed by atoms with Crippen LogP contribution in [0, 0.1) is 0 Å². The fourth-order valence-corrected chi connectivity index (χ4v) is 6.70. The van der Waals surface area contributed by atoms with Gasteiger partial charge in [0.1, 0.15) is 43.2 Å². The maximum absolute atomic E-state index is 12.7. The molecule has 1 aliphatic rings. The Kier molecular flexibility index (Phi) is 30.4. The SMILES string of the molecule is CC/C=C/C/C=C/C/C=C/C/C=C/C/C=C/C/C=C/CCC(=O)OC[C@@H](COP(=O)(O)OC1C(O)C(O)C(O)[C@H](O)C1O)OC(=O)CCCCCCCCCCC. The lowest BCUT2D eigenvalue weighted by molar-refractivity contribution is -0.220.